The van der Waals surface area contributed by atoms with E-state index in [4.69, 9.17) is 23.2 Å². The van der Waals surface area contributed by atoms with Gasteiger partial charge in [0.25, 0.3) is 0 Å². The summed E-state index contributed by atoms with van der Waals surface area (Å²) < 4.78 is 14.9. The molecule has 7 heteroatoms. The number of imidazole rings is 1. The van der Waals surface area contributed by atoms with E-state index in [9.17, 15) is 9.18 Å². The van der Waals surface area contributed by atoms with Crippen LogP contribution in [0.4, 0.5) is 10.1 Å². The van der Waals surface area contributed by atoms with Crippen molar-refractivity contribution in [1.29, 1.82) is 0 Å². The molecule has 0 radical (unpaired) electrons. The van der Waals surface area contributed by atoms with Gasteiger partial charge in [0.2, 0.25) is 5.91 Å². The summed E-state index contributed by atoms with van der Waals surface area (Å²) in [6.45, 7) is 0.0200. The zero-order chi connectivity index (χ0) is 19.7. The smallest absolute Gasteiger partial charge is 0.244 e. The molecular formula is C21H14Cl2FN3O. The second kappa shape index (κ2) is 7.62. The van der Waals surface area contributed by atoms with Crippen LogP contribution >= 0.6 is 23.2 Å². The summed E-state index contributed by atoms with van der Waals surface area (Å²) in [4.78, 5) is 17.3. The molecule has 0 atom stereocenters. The molecule has 4 nitrogen and oxygen atoms in total. The predicted molar refractivity (Wildman–Crippen MR) is 110 cm³/mol. The summed E-state index contributed by atoms with van der Waals surface area (Å²) in [7, 11) is 0. The third-order valence-corrected chi connectivity index (χ3v) is 4.80. The third-order valence-electron chi connectivity index (χ3n) is 4.26. The molecule has 0 aliphatic rings. The minimum atomic E-state index is -0.363. The van der Waals surface area contributed by atoms with Crippen LogP contribution in [0.3, 0.4) is 0 Å². The van der Waals surface area contributed by atoms with Crippen LogP contribution in [0.2, 0.25) is 10.0 Å². The highest BCUT2D eigenvalue weighted by atomic mass is 35.5. The van der Waals surface area contributed by atoms with Crippen molar-refractivity contribution in [3.63, 3.8) is 0 Å². The molecule has 4 rings (SSSR count). The van der Waals surface area contributed by atoms with Crippen molar-refractivity contribution in [3.05, 3.63) is 82.6 Å². The Hall–Kier alpha value is -2.89. The quantitative estimate of drug-likeness (QED) is 0.460. The van der Waals surface area contributed by atoms with Gasteiger partial charge in [-0.25, -0.2) is 9.37 Å². The average molecular weight is 414 g/mol. The summed E-state index contributed by atoms with van der Waals surface area (Å²) in [6, 6.07) is 18.3. The molecule has 0 spiro atoms. The Morgan fingerprint density at radius 1 is 1.04 bits per heavy atom. The van der Waals surface area contributed by atoms with Crippen LogP contribution in [0.1, 0.15) is 0 Å². The van der Waals surface area contributed by atoms with Crippen molar-refractivity contribution in [1.82, 2.24) is 9.55 Å². The van der Waals surface area contributed by atoms with Crippen LogP contribution in [0.5, 0.6) is 0 Å². The van der Waals surface area contributed by atoms with Crippen LogP contribution in [0.15, 0.2) is 66.7 Å². The standard InChI is InChI=1S/C21H14Cl2FN3O/c22-13-5-10-16(17(23)11-13)21-26-18-3-1-2-4-19(18)27(21)12-20(28)25-15-8-6-14(24)7-9-15/h1-11H,12H2,(H,25,28). The minimum Gasteiger partial charge on any atom is -0.325 e. The van der Waals surface area contributed by atoms with Crippen molar-refractivity contribution < 1.29 is 9.18 Å². The van der Waals surface area contributed by atoms with Crippen molar-refractivity contribution in [3.8, 4) is 11.4 Å². The highest BCUT2D eigenvalue weighted by molar-refractivity contribution is 6.36. The molecule has 0 aliphatic heterocycles. The molecule has 4 aromatic rings. The molecule has 0 fully saturated rings. The lowest BCUT2D eigenvalue weighted by molar-refractivity contribution is -0.116. The normalized spacial score (nSPS) is 11.0. The number of hydrogen-bond donors (Lipinski definition) is 1. The molecule has 1 heterocycles. The van der Waals surface area contributed by atoms with Gasteiger partial charge < -0.3 is 9.88 Å². The zero-order valence-electron chi connectivity index (χ0n) is 14.5. The molecule has 140 valence electrons. The van der Waals surface area contributed by atoms with Gasteiger partial charge in [-0.3, -0.25) is 4.79 Å². The van der Waals surface area contributed by atoms with Gasteiger partial charge in [0.05, 0.1) is 16.1 Å². The number of benzene rings is 3. The first-order chi connectivity index (χ1) is 13.5. The summed E-state index contributed by atoms with van der Waals surface area (Å²) in [6.07, 6.45) is 0. The highest BCUT2D eigenvalue weighted by Gasteiger charge is 2.17. The van der Waals surface area contributed by atoms with Gasteiger partial charge in [-0.15, -0.1) is 0 Å². The Bertz CT molecular complexity index is 1170. The highest BCUT2D eigenvalue weighted by Crippen LogP contribution is 2.32. The van der Waals surface area contributed by atoms with Gasteiger partial charge in [0.15, 0.2) is 0 Å². The van der Waals surface area contributed by atoms with E-state index in [1.54, 1.807) is 22.8 Å². The van der Waals surface area contributed by atoms with Crippen molar-refractivity contribution in [2.24, 2.45) is 0 Å². The predicted octanol–water partition coefficient (Wildman–Crippen LogP) is 5.79. The maximum atomic E-state index is 13.1. The number of carbonyl (C=O) groups is 1. The number of para-hydroxylation sites is 2. The first-order valence-electron chi connectivity index (χ1n) is 8.47. The number of hydrogen-bond acceptors (Lipinski definition) is 2. The van der Waals surface area contributed by atoms with Crippen LogP contribution in [-0.2, 0) is 11.3 Å². The monoisotopic (exact) mass is 413 g/mol. The maximum absolute atomic E-state index is 13.1. The van der Waals surface area contributed by atoms with E-state index < -0.39 is 0 Å². The lowest BCUT2D eigenvalue weighted by atomic mass is 10.2. The number of carbonyl (C=O) groups excluding carboxylic acids is 1. The number of amides is 1. The molecule has 28 heavy (non-hydrogen) atoms. The molecule has 1 amide bonds. The first kappa shape index (κ1) is 18.5. The lowest BCUT2D eigenvalue weighted by Gasteiger charge is -2.11. The fourth-order valence-corrected chi connectivity index (χ4v) is 3.48. The molecular weight excluding hydrogens is 400 g/mol. The summed E-state index contributed by atoms with van der Waals surface area (Å²) in [5.41, 5.74) is 2.75. The molecule has 0 saturated heterocycles. The van der Waals surface area contributed by atoms with E-state index in [0.717, 1.165) is 11.0 Å². The number of aromatic nitrogens is 2. The second-order valence-electron chi connectivity index (χ2n) is 6.19. The Labute approximate surface area is 170 Å². The maximum Gasteiger partial charge on any atom is 0.244 e. The van der Waals surface area contributed by atoms with Crippen molar-refractivity contribution >= 4 is 45.8 Å². The summed E-state index contributed by atoms with van der Waals surface area (Å²) in [5.74, 6) is -0.0588. The number of fused-ring (bicyclic) bond motifs is 1. The summed E-state index contributed by atoms with van der Waals surface area (Å²) >= 11 is 12.4. The molecule has 0 saturated carbocycles. The second-order valence-corrected chi connectivity index (χ2v) is 7.03. The fraction of sp³-hybridized carbons (Fsp3) is 0.0476. The van der Waals surface area contributed by atoms with Crippen molar-refractivity contribution in [2.45, 2.75) is 6.54 Å². The molecule has 1 aromatic heterocycles. The van der Waals surface area contributed by atoms with E-state index >= 15 is 0 Å². The van der Waals surface area contributed by atoms with Gasteiger partial charge in [0.1, 0.15) is 18.2 Å². The lowest BCUT2D eigenvalue weighted by Crippen LogP contribution is -2.19. The van der Waals surface area contributed by atoms with Crippen LogP contribution in [-0.4, -0.2) is 15.5 Å². The van der Waals surface area contributed by atoms with E-state index in [0.29, 0.717) is 27.1 Å². The van der Waals surface area contributed by atoms with E-state index in [1.807, 2.05) is 24.3 Å². The van der Waals surface area contributed by atoms with Crippen molar-refractivity contribution in [2.75, 3.05) is 5.32 Å². The first-order valence-corrected chi connectivity index (χ1v) is 9.23. The molecule has 3 aromatic carbocycles. The van der Waals surface area contributed by atoms with Crippen LogP contribution in [0, 0.1) is 5.82 Å². The number of halogens is 3. The Kier molecular flexibility index (Phi) is 5.03. The summed E-state index contributed by atoms with van der Waals surface area (Å²) in [5, 5.41) is 3.73. The molecule has 0 unspecified atom stereocenters. The van der Waals surface area contributed by atoms with Gasteiger partial charge in [-0.05, 0) is 54.6 Å². The average Bonchev–Trinajstić information content (AvgIpc) is 3.02. The van der Waals surface area contributed by atoms with E-state index in [1.165, 1.54) is 24.3 Å². The van der Waals surface area contributed by atoms with Gasteiger partial charge in [-0.2, -0.15) is 0 Å². The van der Waals surface area contributed by atoms with E-state index in [-0.39, 0.29) is 18.3 Å². The third kappa shape index (κ3) is 3.72. The topological polar surface area (TPSA) is 46.9 Å². The number of nitrogens with one attached hydrogen (secondary N) is 1. The Balaban J connectivity index is 1.72. The van der Waals surface area contributed by atoms with Gasteiger partial charge in [-0.1, -0.05) is 35.3 Å². The number of anilines is 1. The molecule has 0 bridgehead atoms. The largest absolute Gasteiger partial charge is 0.325 e. The molecule has 1 N–H and O–H groups in total. The minimum absolute atomic E-state index is 0.0200. The SMILES string of the molecule is O=C(Cn1c(-c2ccc(Cl)cc2Cl)nc2ccccc21)Nc1ccc(F)cc1. The van der Waals surface area contributed by atoms with Crippen LogP contribution in [0.25, 0.3) is 22.4 Å². The number of nitrogens with zero attached hydrogens (tertiary/aromatic N) is 2. The van der Waals surface area contributed by atoms with Gasteiger partial charge >= 0.3 is 0 Å². The number of rotatable bonds is 4. The fourth-order valence-electron chi connectivity index (χ4n) is 2.99. The molecule has 0 aliphatic carbocycles. The Morgan fingerprint density at radius 3 is 2.54 bits per heavy atom. The zero-order valence-corrected chi connectivity index (χ0v) is 16.0. The van der Waals surface area contributed by atoms with Gasteiger partial charge in [0, 0.05) is 16.3 Å². The van der Waals surface area contributed by atoms with E-state index in [2.05, 4.69) is 10.3 Å². The van der Waals surface area contributed by atoms with Crippen LogP contribution < -0.4 is 5.32 Å². The Morgan fingerprint density at radius 2 is 1.79 bits per heavy atom.